The summed E-state index contributed by atoms with van der Waals surface area (Å²) in [6, 6.07) is 10.3. The first-order valence-corrected chi connectivity index (χ1v) is 10.5. The van der Waals surface area contributed by atoms with Crippen molar-refractivity contribution < 1.29 is 27.5 Å². The summed E-state index contributed by atoms with van der Waals surface area (Å²) >= 11 is 0. The molecule has 0 spiro atoms. The summed E-state index contributed by atoms with van der Waals surface area (Å²) in [7, 11) is -2.65. The van der Waals surface area contributed by atoms with E-state index in [1.165, 1.54) is 43.5 Å². The summed E-state index contributed by atoms with van der Waals surface area (Å²) in [5.74, 6) is -0.727. The van der Waals surface area contributed by atoms with Crippen LogP contribution in [0.5, 0.6) is 0 Å². The highest BCUT2D eigenvalue weighted by Crippen LogP contribution is 2.21. The molecule has 0 radical (unpaired) electrons. The minimum absolute atomic E-state index is 0.0169. The van der Waals surface area contributed by atoms with Crippen molar-refractivity contribution in [3.05, 3.63) is 59.2 Å². The summed E-state index contributed by atoms with van der Waals surface area (Å²) in [5.41, 5.74) is 1.64. The van der Waals surface area contributed by atoms with Gasteiger partial charge in [-0.3, -0.25) is 9.52 Å². The minimum atomic E-state index is -3.92. The lowest BCUT2D eigenvalue weighted by Crippen LogP contribution is -2.41. The quantitative estimate of drug-likeness (QED) is 0.746. The van der Waals surface area contributed by atoms with E-state index < -0.39 is 16.0 Å². The number of esters is 1. The van der Waals surface area contributed by atoms with Crippen LogP contribution in [-0.4, -0.2) is 58.6 Å². The van der Waals surface area contributed by atoms with Crippen LogP contribution in [0, 0.1) is 6.92 Å². The van der Waals surface area contributed by atoms with Crippen LogP contribution >= 0.6 is 0 Å². The number of carbonyl (C=O) groups is 2. The smallest absolute Gasteiger partial charge is 0.337 e. The first-order chi connectivity index (χ1) is 13.8. The molecule has 2 aromatic rings. The normalized spacial score (nSPS) is 14.3. The number of sulfonamides is 1. The van der Waals surface area contributed by atoms with Crippen molar-refractivity contribution in [3.8, 4) is 0 Å². The van der Waals surface area contributed by atoms with Gasteiger partial charge in [-0.2, -0.15) is 0 Å². The number of carbonyl (C=O) groups excluding carboxylic acids is 2. The van der Waals surface area contributed by atoms with E-state index in [1.807, 2.05) is 0 Å². The maximum atomic E-state index is 12.8. The molecule has 0 aliphatic carbocycles. The fourth-order valence-corrected chi connectivity index (χ4v) is 4.03. The number of methoxy groups -OCH3 is 1. The van der Waals surface area contributed by atoms with Crippen LogP contribution in [0.2, 0.25) is 0 Å². The predicted molar refractivity (Wildman–Crippen MR) is 106 cm³/mol. The largest absolute Gasteiger partial charge is 0.465 e. The Hall–Kier alpha value is -2.91. The van der Waals surface area contributed by atoms with Crippen molar-refractivity contribution in [2.24, 2.45) is 0 Å². The van der Waals surface area contributed by atoms with Crippen LogP contribution in [0.1, 0.15) is 26.3 Å². The third kappa shape index (κ3) is 4.75. The van der Waals surface area contributed by atoms with E-state index in [1.54, 1.807) is 17.9 Å². The Kier molecular flexibility index (Phi) is 6.19. The van der Waals surface area contributed by atoms with Crippen LogP contribution < -0.4 is 4.72 Å². The van der Waals surface area contributed by atoms with E-state index in [0.717, 1.165) is 0 Å². The van der Waals surface area contributed by atoms with Gasteiger partial charge in [0.2, 0.25) is 0 Å². The maximum absolute atomic E-state index is 12.8. The molecule has 1 aliphatic rings. The zero-order chi connectivity index (χ0) is 21.0. The lowest BCUT2D eigenvalue weighted by atomic mass is 10.1. The second-order valence-corrected chi connectivity index (χ2v) is 8.24. The molecule has 0 bridgehead atoms. The lowest BCUT2D eigenvalue weighted by molar-refractivity contribution is 0.0302. The molecule has 0 atom stereocenters. The molecule has 154 valence electrons. The van der Waals surface area contributed by atoms with E-state index in [-0.39, 0.29) is 10.8 Å². The number of rotatable bonds is 5. The van der Waals surface area contributed by atoms with Gasteiger partial charge in [0.1, 0.15) is 0 Å². The highest BCUT2D eigenvalue weighted by atomic mass is 32.2. The van der Waals surface area contributed by atoms with Crippen molar-refractivity contribution in [2.75, 3.05) is 38.1 Å². The number of aryl methyl sites for hydroxylation is 1. The number of amides is 1. The number of hydrogen-bond donors (Lipinski definition) is 1. The highest BCUT2D eigenvalue weighted by molar-refractivity contribution is 7.92. The Morgan fingerprint density at radius 2 is 1.72 bits per heavy atom. The topological polar surface area (TPSA) is 102 Å². The van der Waals surface area contributed by atoms with E-state index >= 15 is 0 Å². The van der Waals surface area contributed by atoms with Gasteiger partial charge in [-0.05, 0) is 48.9 Å². The molecule has 0 saturated carbocycles. The molecule has 1 saturated heterocycles. The molecular weight excluding hydrogens is 396 g/mol. The molecular formula is C20H22N2O6S. The number of hydrogen-bond acceptors (Lipinski definition) is 6. The van der Waals surface area contributed by atoms with E-state index in [2.05, 4.69) is 9.46 Å². The van der Waals surface area contributed by atoms with E-state index in [4.69, 9.17) is 4.74 Å². The summed E-state index contributed by atoms with van der Waals surface area (Å²) < 4.78 is 37.9. The molecule has 1 heterocycles. The van der Waals surface area contributed by atoms with Crippen molar-refractivity contribution in [3.63, 3.8) is 0 Å². The second kappa shape index (κ2) is 8.62. The average Bonchev–Trinajstić information content (AvgIpc) is 2.73. The van der Waals surface area contributed by atoms with Gasteiger partial charge in [0.25, 0.3) is 15.9 Å². The fraction of sp³-hybridized carbons (Fsp3) is 0.300. The van der Waals surface area contributed by atoms with Gasteiger partial charge in [-0.15, -0.1) is 0 Å². The van der Waals surface area contributed by atoms with Gasteiger partial charge in [-0.1, -0.05) is 6.07 Å². The summed E-state index contributed by atoms with van der Waals surface area (Å²) in [5, 5.41) is 0. The Balaban J connectivity index is 1.83. The highest BCUT2D eigenvalue weighted by Gasteiger charge is 2.23. The van der Waals surface area contributed by atoms with Crippen LogP contribution in [0.25, 0.3) is 0 Å². The standard InChI is InChI=1S/C20H22N2O6S/c1-14-3-8-17(13-18(14)19(23)22-9-11-28-12-10-22)29(25,26)21-16-6-4-15(5-7-16)20(24)27-2/h3-8,13,21H,9-12H2,1-2H3. The van der Waals surface area contributed by atoms with Crippen molar-refractivity contribution in [1.29, 1.82) is 0 Å². The van der Waals surface area contributed by atoms with Crippen LogP contribution in [0.4, 0.5) is 5.69 Å². The molecule has 2 aromatic carbocycles. The minimum Gasteiger partial charge on any atom is -0.465 e. The molecule has 1 fully saturated rings. The number of anilines is 1. The second-order valence-electron chi connectivity index (χ2n) is 6.56. The van der Waals surface area contributed by atoms with E-state index in [9.17, 15) is 18.0 Å². The first kappa shape index (κ1) is 20.8. The van der Waals surface area contributed by atoms with Crippen LogP contribution in [-0.2, 0) is 19.5 Å². The summed E-state index contributed by atoms with van der Waals surface area (Å²) in [4.78, 5) is 25.9. The fourth-order valence-electron chi connectivity index (χ4n) is 2.94. The third-order valence-corrected chi connectivity index (χ3v) is 5.99. The van der Waals surface area contributed by atoms with Crippen LogP contribution in [0.3, 0.4) is 0 Å². The molecule has 1 N–H and O–H groups in total. The number of nitrogens with zero attached hydrogens (tertiary/aromatic N) is 1. The van der Waals surface area contributed by atoms with Crippen molar-refractivity contribution in [2.45, 2.75) is 11.8 Å². The van der Waals surface area contributed by atoms with Crippen LogP contribution in [0.15, 0.2) is 47.4 Å². The van der Waals surface area contributed by atoms with Gasteiger partial charge < -0.3 is 14.4 Å². The molecule has 8 nitrogen and oxygen atoms in total. The maximum Gasteiger partial charge on any atom is 0.337 e. The zero-order valence-electron chi connectivity index (χ0n) is 16.2. The number of morpholine rings is 1. The van der Waals surface area contributed by atoms with Crippen molar-refractivity contribution in [1.82, 2.24) is 4.90 Å². The number of ether oxygens (including phenoxy) is 2. The van der Waals surface area contributed by atoms with Gasteiger partial charge >= 0.3 is 5.97 Å². The Morgan fingerprint density at radius 1 is 1.07 bits per heavy atom. The Labute approximate surface area is 169 Å². The lowest BCUT2D eigenvalue weighted by Gasteiger charge is -2.27. The molecule has 0 unspecified atom stereocenters. The molecule has 1 aliphatic heterocycles. The van der Waals surface area contributed by atoms with Gasteiger partial charge in [0.05, 0.1) is 30.8 Å². The van der Waals surface area contributed by atoms with Crippen molar-refractivity contribution >= 4 is 27.6 Å². The third-order valence-electron chi connectivity index (χ3n) is 4.61. The van der Waals surface area contributed by atoms with Gasteiger partial charge in [-0.25, -0.2) is 13.2 Å². The Morgan fingerprint density at radius 3 is 2.34 bits per heavy atom. The molecule has 9 heteroatoms. The van der Waals surface area contributed by atoms with Gasteiger partial charge in [0, 0.05) is 24.3 Å². The monoisotopic (exact) mass is 418 g/mol. The zero-order valence-corrected chi connectivity index (χ0v) is 17.0. The molecule has 0 aromatic heterocycles. The van der Waals surface area contributed by atoms with Gasteiger partial charge in [0.15, 0.2) is 0 Å². The molecule has 29 heavy (non-hydrogen) atoms. The first-order valence-electron chi connectivity index (χ1n) is 9.01. The van der Waals surface area contributed by atoms with E-state index in [0.29, 0.717) is 48.7 Å². The predicted octanol–water partition coefficient (Wildman–Crippen LogP) is 2.05. The number of nitrogens with one attached hydrogen (secondary N) is 1. The number of benzene rings is 2. The average molecular weight is 418 g/mol. The Bertz CT molecular complexity index is 1010. The summed E-state index contributed by atoms with van der Waals surface area (Å²) in [6.45, 7) is 3.64. The molecule has 3 rings (SSSR count). The SMILES string of the molecule is COC(=O)c1ccc(NS(=O)(=O)c2ccc(C)c(C(=O)N3CCOCC3)c2)cc1. The molecule has 1 amide bonds. The summed E-state index contributed by atoms with van der Waals surface area (Å²) in [6.07, 6.45) is 0.